The summed E-state index contributed by atoms with van der Waals surface area (Å²) in [4.78, 5) is 25.0. The molecule has 2 aromatic carbocycles. The standard InChI is InChI=1S/C24H29N3O6S/c1-33-19-9-10-20-17(13-19)5-3-11-24(20,30)15-25-22(28)23(29)26-18-8-7-16-6-4-12-27(21(16)14-18)34(2,31)32/h7-10,13-14,30H,3-6,11-12,15H2,1-2H3,(H,25,28)(H,26,29). The third-order valence-electron chi connectivity index (χ3n) is 6.42. The molecule has 1 aliphatic carbocycles. The Kier molecular flexibility index (Phi) is 6.55. The topological polar surface area (TPSA) is 125 Å². The monoisotopic (exact) mass is 487 g/mol. The molecule has 2 amide bonds. The Morgan fingerprint density at radius 2 is 1.85 bits per heavy atom. The maximum atomic E-state index is 12.5. The molecule has 2 aliphatic rings. The lowest BCUT2D eigenvalue weighted by atomic mass is 9.79. The van der Waals surface area contributed by atoms with Crippen LogP contribution in [0.3, 0.4) is 0 Å². The van der Waals surface area contributed by atoms with E-state index in [0.717, 1.165) is 42.2 Å². The smallest absolute Gasteiger partial charge is 0.313 e. The highest BCUT2D eigenvalue weighted by Gasteiger charge is 2.35. The van der Waals surface area contributed by atoms with Crippen LogP contribution in [0.25, 0.3) is 0 Å². The van der Waals surface area contributed by atoms with Gasteiger partial charge < -0.3 is 20.5 Å². The molecule has 3 N–H and O–H groups in total. The minimum absolute atomic E-state index is 0.107. The van der Waals surface area contributed by atoms with Crippen molar-refractivity contribution in [3.8, 4) is 5.75 Å². The largest absolute Gasteiger partial charge is 0.497 e. The molecule has 9 nitrogen and oxygen atoms in total. The van der Waals surface area contributed by atoms with Crippen molar-refractivity contribution in [1.29, 1.82) is 0 Å². The van der Waals surface area contributed by atoms with Crippen LogP contribution in [0.2, 0.25) is 0 Å². The van der Waals surface area contributed by atoms with Crippen molar-refractivity contribution in [2.24, 2.45) is 0 Å². The summed E-state index contributed by atoms with van der Waals surface area (Å²) >= 11 is 0. The van der Waals surface area contributed by atoms with E-state index < -0.39 is 27.4 Å². The molecule has 0 spiro atoms. The van der Waals surface area contributed by atoms with Crippen LogP contribution in [-0.4, -0.2) is 51.8 Å². The predicted molar refractivity (Wildman–Crippen MR) is 128 cm³/mol. The second-order valence-electron chi connectivity index (χ2n) is 8.83. The van der Waals surface area contributed by atoms with Crippen molar-refractivity contribution in [1.82, 2.24) is 5.32 Å². The molecule has 0 bridgehead atoms. The molecule has 10 heteroatoms. The number of amides is 2. The molecule has 1 heterocycles. The summed E-state index contributed by atoms with van der Waals surface area (Å²) < 4.78 is 30.8. The molecule has 1 aliphatic heterocycles. The molecular formula is C24H29N3O6S. The molecule has 0 radical (unpaired) electrons. The Morgan fingerprint density at radius 1 is 1.09 bits per heavy atom. The third-order valence-corrected chi connectivity index (χ3v) is 7.60. The SMILES string of the molecule is COc1ccc2c(c1)CCCC2(O)CNC(=O)C(=O)Nc1ccc2c(c1)N(S(C)(=O)=O)CCC2. The van der Waals surface area contributed by atoms with Gasteiger partial charge in [-0.25, -0.2) is 8.42 Å². The molecule has 4 rings (SSSR count). The Labute approximate surface area is 199 Å². The maximum absolute atomic E-state index is 12.5. The third kappa shape index (κ3) is 4.88. The van der Waals surface area contributed by atoms with Crippen LogP contribution in [0, 0.1) is 0 Å². The number of sulfonamides is 1. The van der Waals surface area contributed by atoms with Gasteiger partial charge in [0.05, 0.1) is 25.6 Å². The first kappa shape index (κ1) is 24.0. The summed E-state index contributed by atoms with van der Waals surface area (Å²) in [7, 11) is -1.87. The van der Waals surface area contributed by atoms with Gasteiger partial charge in [-0.15, -0.1) is 0 Å². The number of carbonyl (C=O) groups is 2. The average molecular weight is 488 g/mol. The number of aliphatic hydroxyl groups is 1. The summed E-state index contributed by atoms with van der Waals surface area (Å²) in [6.07, 6.45) is 4.59. The highest BCUT2D eigenvalue weighted by atomic mass is 32.2. The number of nitrogens with zero attached hydrogens (tertiary/aromatic N) is 1. The molecule has 0 aromatic heterocycles. The van der Waals surface area contributed by atoms with Gasteiger partial charge in [-0.2, -0.15) is 0 Å². The van der Waals surface area contributed by atoms with E-state index in [0.29, 0.717) is 36.5 Å². The number of benzene rings is 2. The fraction of sp³-hybridized carbons (Fsp3) is 0.417. The minimum atomic E-state index is -3.45. The van der Waals surface area contributed by atoms with Gasteiger partial charge in [-0.1, -0.05) is 12.1 Å². The van der Waals surface area contributed by atoms with Gasteiger partial charge >= 0.3 is 11.8 Å². The maximum Gasteiger partial charge on any atom is 0.313 e. The predicted octanol–water partition coefficient (Wildman–Crippen LogP) is 1.69. The van der Waals surface area contributed by atoms with E-state index in [1.54, 1.807) is 37.4 Å². The number of hydrogen-bond acceptors (Lipinski definition) is 6. The lowest BCUT2D eigenvalue weighted by molar-refractivity contribution is -0.137. The van der Waals surface area contributed by atoms with Gasteiger partial charge in [0.1, 0.15) is 11.4 Å². The zero-order valence-corrected chi connectivity index (χ0v) is 20.1. The first-order valence-electron chi connectivity index (χ1n) is 11.2. The molecule has 34 heavy (non-hydrogen) atoms. The normalized spacial score (nSPS) is 19.6. The van der Waals surface area contributed by atoms with Crippen molar-refractivity contribution >= 4 is 33.2 Å². The Hall–Kier alpha value is -3.11. The van der Waals surface area contributed by atoms with Gasteiger partial charge in [0.2, 0.25) is 10.0 Å². The molecule has 0 saturated carbocycles. The number of methoxy groups -OCH3 is 1. The molecule has 182 valence electrons. The number of nitrogens with one attached hydrogen (secondary N) is 2. The second kappa shape index (κ2) is 9.27. The molecule has 0 fully saturated rings. The molecular weight excluding hydrogens is 458 g/mol. The molecule has 1 atom stereocenters. The zero-order chi connectivity index (χ0) is 24.5. The minimum Gasteiger partial charge on any atom is -0.497 e. The molecule has 2 aromatic rings. The van der Waals surface area contributed by atoms with Crippen molar-refractivity contribution in [3.63, 3.8) is 0 Å². The van der Waals surface area contributed by atoms with E-state index in [-0.39, 0.29) is 6.54 Å². The van der Waals surface area contributed by atoms with Crippen molar-refractivity contribution < 1.29 is 27.9 Å². The summed E-state index contributed by atoms with van der Waals surface area (Å²) in [5.74, 6) is -1.08. The highest BCUT2D eigenvalue weighted by Crippen LogP contribution is 2.36. The Bertz CT molecular complexity index is 1230. The van der Waals surface area contributed by atoms with E-state index in [1.807, 2.05) is 6.07 Å². The van der Waals surface area contributed by atoms with Gasteiger partial charge in [0, 0.05) is 12.2 Å². The average Bonchev–Trinajstić information content (AvgIpc) is 2.81. The van der Waals surface area contributed by atoms with Crippen LogP contribution in [0.4, 0.5) is 11.4 Å². The number of hydrogen-bond donors (Lipinski definition) is 3. The number of ether oxygens (including phenoxy) is 1. The van der Waals surface area contributed by atoms with Crippen LogP contribution < -0.4 is 19.7 Å². The van der Waals surface area contributed by atoms with Crippen molar-refractivity contribution in [3.05, 3.63) is 53.1 Å². The van der Waals surface area contributed by atoms with Crippen molar-refractivity contribution in [2.75, 3.05) is 36.1 Å². The fourth-order valence-corrected chi connectivity index (χ4v) is 5.69. The van der Waals surface area contributed by atoms with Crippen LogP contribution in [0.5, 0.6) is 5.75 Å². The number of fused-ring (bicyclic) bond motifs is 2. The summed E-state index contributed by atoms with van der Waals surface area (Å²) in [5, 5.41) is 16.3. The number of anilines is 2. The van der Waals surface area contributed by atoms with Crippen LogP contribution in [0.15, 0.2) is 36.4 Å². The van der Waals surface area contributed by atoms with Gasteiger partial charge in [0.15, 0.2) is 0 Å². The van der Waals surface area contributed by atoms with E-state index >= 15 is 0 Å². The van der Waals surface area contributed by atoms with Crippen LogP contribution in [0.1, 0.15) is 36.0 Å². The number of carbonyl (C=O) groups excluding carboxylic acids is 2. The zero-order valence-electron chi connectivity index (χ0n) is 19.3. The Balaban J connectivity index is 1.43. The number of aryl methyl sites for hydroxylation is 2. The van der Waals surface area contributed by atoms with Gasteiger partial charge in [-0.05, 0) is 73.1 Å². The molecule has 0 saturated heterocycles. The Morgan fingerprint density at radius 3 is 2.59 bits per heavy atom. The second-order valence-corrected chi connectivity index (χ2v) is 10.7. The van der Waals surface area contributed by atoms with Crippen LogP contribution >= 0.6 is 0 Å². The van der Waals surface area contributed by atoms with E-state index in [4.69, 9.17) is 4.74 Å². The fourth-order valence-electron chi connectivity index (χ4n) is 4.71. The summed E-state index contributed by atoms with van der Waals surface area (Å²) in [6, 6.07) is 10.4. The van der Waals surface area contributed by atoms with E-state index in [9.17, 15) is 23.1 Å². The van der Waals surface area contributed by atoms with Crippen molar-refractivity contribution in [2.45, 2.75) is 37.7 Å². The quantitative estimate of drug-likeness (QED) is 0.551. The summed E-state index contributed by atoms with van der Waals surface area (Å²) in [6.45, 7) is 0.264. The highest BCUT2D eigenvalue weighted by molar-refractivity contribution is 7.92. The molecule has 1 unspecified atom stereocenters. The van der Waals surface area contributed by atoms with Gasteiger partial charge in [-0.3, -0.25) is 13.9 Å². The summed E-state index contributed by atoms with van der Waals surface area (Å²) in [5.41, 5.74) is 2.09. The number of rotatable bonds is 5. The lowest BCUT2D eigenvalue weighted by Gasteiger charge is -2.34. The van der Waals surface area contributed by atoms with Gasteiger partial charge in [0.25, 0.3) is 0 Å². The first-order valence-corrected chi connectivity index (χ1v) is 13.1. The first-order chi connectivity index (χ1) is 16.1. The lowest BCUT2D eigenvalue weighted by Crippen LogP contribution is -2.46. The van der Waals surface area contributed by atoms with E-state index in [1.165, 1.54) is 4.31 Å². The van der Waals surface area contributed by atoms with Crippen LogP contribution in [-0.2, 0) is 38.1 Å². The van der Waals surface area contributed by atoms with E-state index in [2.05, 4.69) is 10.6 Å².